The molecule has 2 aliphatic rings. The van der Waals surface area contributed by atoms with E-state index in [1.165, 1.54) is 23.1 Å². The Kier molecular flexibility index (Phi) is 7.13. The van der Waals surface area contributed by atoms with Gasteiger partial charge in [0.15, 0.2) is 6.61 Å². The fourth-order valence-electron chi connectivity index (χ4n) is 4.26. The van der Waals surface area contributed by atoms with Crippen LogP contribution >= 0.6 is 0 Å². The molecule has 0 unspecified atom stereocenters. The molecule has 1 N–H and O–H groups in total. The zero-order chi connectivity index (χ0) is 22.7. The van der Waals surface area contributed by atoms with Gasteiger partial charge in [0, 0.05) is 12.6 Å². The summed E-state index contributed by atoms with van der Waals surface area (Å²) >= 11 is 0. The van der Waals surface area contributed by atoms with E-state index in [1.807, 2.05) is 13.8 Å². The molecule has 7 heteroatoms. The molecule has 1 heterocycles. The number of nitrogens with one attached hydrogen (secondary N) is 1. The number of fused-ring (bicyclic) bond motifs is 1. The van der Waals surface area contributed by atoms with Crippen LogP contribution in [-0.4, -0.2) is 47.8 Å². The molecule has 168 valence electrons. The van der Waals surface area contributed by atoms with Crippen molar-refractivity contribution in [3.05, 3.63) is 34.9 Å². The molecule has 0 spiro atoms. The van der Waals surface area contributed by atoms with Crippen LogP contribution in [0.3, 0.4) is 0 Å². The zero-order valence-electron chi connectivity index (χ0n) is 18.8. The molecule has 3 atom stereocenters. The summed E-state index contributed by atoms with van der Waals surface area (Å²) in [5.41, 5.74) is 0.652. The molecule has 1 aromatic rings. The van der Waals surface area contributed by atoms with E-state index in [2.05, 4.69) is 19.2 Å². The molecular formula is C24H32N2O5. The number of nitrogens with zero attached hydrogens (tertiary/aromatic N) is 1. The lowest BCUT2D eigenvalue weighted by Crippen LogP contribution is -2.45. The minimum absolute atomic E-state index is 0.0930. The second kappa shape index (κ2) is 9.62. The topological polar surface area (TPSA) is 92.8 Å². The van der Waals surface area contributed by atoms with E-state index in [4.69, 9.17) is 4.74 Å². The van der Waals surface area contributed by atoms with Crippen molar-refractivity contribution in [3.63, 3.8) is 0 Å². The molecule has 0 aromatic heterocycles. The molecule has 1 aromatic carbocycles. The second-order valence-electron chi connectivity index (χ2n) is 9.22. The van der Waals surface area contributed by atoms with Crippen molar-refractivity contribution in [2.24, 2.45) is 17.8 Å². The third-order valence-corrected chi connectivity index (χ3v) is 6.52. The van der Waals surface area contributed by atoms with Gasteiger partial charge >= 0.3 is 5.97 Å². The summed E-state index contributed by atoms with van der Waals surface area (Å²) in [5, 5.41) is 2.97. The van der Waals surface area contributed by atoms with Gasteiger partial charge in [0.05, 0.1) is 16.7 Å². The highest BCUT2D eigenvalue weighted by Gasteiger charge is 2.36. The first-order valence-corrected chi connectivity index (χ1v) is 11.2. The minimum atomic E-state index is -0.691. The van der Waals surface area contributed by atoms with Crippen LogP contribution in [0.5, 0.6) is 0 Å². The molecule has 31 heavy (non-hydrogen) atoms. The third-order valence-electron chi connectivity index (χ3n) is 6.52. The Balaban J connectivity index is 1.58. The number of carbonyl (C=O) groups is 4. The summed E-state index contributed by atoms with van der Waals surface area (Å²) in [6.07, 6.45) is 3.89. The number of imide groups is 1. The van der Waals surface area contributed by atoms with Crippen LogP contribution in [0.4, 0.5) is 0 Å². The number of hydrogen-bond donors (Lipinski definition) is 1. The van der Waals surface area contributed by atoms with E-state index < -0.39 is 11.9 Å². The van der Waals surface area contributed by atoms with E-state index >= 15 is 0 Å². The molecule has 0 radical (unpaired) electrons. The Morgan fingerprint density at radius 2 is 1.84 bits per heavy atom. The molecule has 1 aliphatic carbocycles. The van der Waals surface area contributed by atoms with Crippen LogP contribution in [0.25, 0.3) is 0 Å². The van der Waals surface area contributed by atoms with Crippen LogP contribution in [0, 0.1) is 17.8 Å². The van der Waals surface area contributed by atoms with Crippen molar-refractivity contribution in [2.75, 3.05) is 13.2 Å². The first-order valence-electron chi connectivity index (χ1n) is 11.2. The van der Waals surface area contributed by atoms with Gasteiger partial charge in [-0.1, -0.05) is 40.5 Å². The van der Waals surface area contributed by atoms with Crippen molar-refractivity contribution in [2.45, 2.75) is 59.4 Å². The Morgan fingerprint density at radius 3 is 2.55 bits per heavy atom. The largest absolute Gasteiger partial charge is 0.452 e. The van der Waals surface area contributed by atoms with Gasteiger partial charge in [0.2, 0.25) is 0 Å². The van der Waals surface area contributed by atoms with E-state index in [-0.39, 0.29) is 35.6 Å². The monoisotopic (exact) mass is 428 g/mol. The number of rotatable bonds is 7. The van der Waals surface area contributed by atoms with Crippen molar-refractivity contribution in [3.8, 4) is 0 Å². The predicted molar refractivity (Wildman–Crippen MR) is 116 cm³/mol. The van der Waals surface area contributed by atoms with Gasteiger partial charge in [0.25, 0.3) is 17.7 Å². The fourth-order valence-corrected chi connectivity index (χ4v) is 4.26. The molecule has 0 bridgehead atoms. The first kappa shape index (κ1) is 23.0. The molecule has 1 saturated carbocycles. The Morgan fingerprint density at radius 1 is 1.13 bits per heavy atom. The smallest absolute Gasteiger partial charge is 0.338 e. The lowest BCUT2D eigenvalue weighted by Gasteiger charge is -2.34. The maximum absolute atomic E-state index is 12.6. The van der Waals surface area contributed by atoms with Crippen molar-refractivity contribution in [1.29, 1.82) is 0 Å². The number of carbonyl (C=O) groups excluding carboxylic acids is 4. The van der Waals surface area contributed by atoms with E-state index in [9.17, 15) is 19.2 Å². The van der Waals surface area contributed by atoms with Gasteiger partial charge in [-0.05, 0) is 48.8 Å². The van der Waals surface area contributed by atoms with Crippen LogP contribution < -0.4 is 5.32 Å². The van der Waals surface area contributed by atoms with Gasteiger partial charge in [-0.25, -0.2) is 4.79 Å². The molecule has 0 saturated heterocycles. The third kappa shape index (κ3) is 5.14. The molecule has 3 amide bonds. The second-order valence-corrected chi connectivity index (χ2v) is 9.22. The lowest BCUT2D eigenvalue weighted by atomic mass is 9.78. The maximum atomic E-state index is 12.6. The highest BCUT2D eigenvalue weighted by molar-refractivity contribution is 6.22. The van der Waals surface area contributed by atoms with Crippen LogP contribution in [0.1, 0.15) is 84.5 Å². The van der Waals surface area contributed by atoms with Gasteiger partial charge in [-0.15, -0.1) is 0 Å². The minimum Gasteiger partial charge on any atom is -0.452 e. The Hall–Kier alpha value is -2.70. The van der Waals surface area contributed by atoms with Gasteiger partial charge in [-0.2, -0.15) is 0 Å². The average Bonchev–Trinajstić information content (AvgIpc) is 2.97. The molecule has 7 nitrogen and oxygen atoms in total. The number of hydrogen-bond acceptors (Lipinski definition) is 5. The van der Waals surface area contributed by atoms with Gasteiger partial charge in [-0.3, -0.25) is 19.3 Å². The standard InChI is InChI=1S/C24H32N2O5/c1-14(2)10-11-26-22(28)18-9-8-17(12-19(18)23(26)29)24(30)31-13-21(27)25-20-7-5-6-15(3)16(20)4/h8-9,12,14-16,20H,5-7,10-11,13H2,1-4H3,(H,25,27)/t15-,16+,20+/m0/s1. The van der Waals surface area contributed by atoms with E-state index in [0.717, 1.165) is 19.3 Å². The summed E-state index contributed by atoms with van der Waals surface area (Å²) < 4.78 is 5.16. The van der Waals surface area contributed by atoms with Crippen LogP contribution in [0.15, 0.2) is 18.2 Å². The SMILES string of the molecule is CC(C)CCN1C(=O)c2ccc(C(=O)OCC(=O)N[C@@H]3CCC[C@H](C)[C@H]3C)cc2C1=O. The highest BCUT2D eigenvalue weighted by atomic mass is 16.5. The lowest BCUT2D eigenvalue weighted by molar-refractivity contribution is -0.125. The summed E-state index contributed by atoms with van der Waals surface area (Å²) in [4.78, 5) is 51.0. The normalized spacial score (nSPS) is 23.1. The maximum Gasteiger partial charge on any atom is 0.338 e. The summed E-state index contributed by atoms with van der Waals surface area (Å²) in [6, 6.07) is 4.42. The average molecular weight is 429 g/mol. The van der Waals surface area contributed by atoms with Crippen LogP contribution in [0.2, 0.25) is 0 Å². The highest BCUT2D eigenvalue weighted by Crippen LogP contribution is 2.29. The summed E-state index contributed by atoms with van der Waals surface area (Å²) in [6.45, 7) is 8.35. The van der Waals surface area contributed by atoms with Gasteiger partial charge in [0.1, 0.15) is 0 Å². The van der Waals surface area contributed by atoms with E-state index in [0.29, 0.717) is 36.3 Å². The summed E-state index contributed by atoms with van der Waals surface area (Å²) in [7, 11) is 0. The number of amides is 3. The number of benzene rings is 1. The predicted octanol–water partition coefficient (Wildman–Crippen LogP) is 3.43. The molecule has 3 rings (SSSR count). The van der Waals surface area contributed by atoms with Crippen molar-refractivity contribution < 1.29 is 23.9 Å². The van der Waals surface area contributed by atoms with Crippen molar-refractivity contribution in [1.82, 2.24) is 10.2 Å². The fraction of sp³-hybridized carbons (Fsp3) is 0.583. The van der Waals surface area contributed by atoms with Gasteiger partial charge < -0.3 is 10.1 Å². The Bertz CT molecular complexity index is 879. The quantitative estimate of drug-likeness (QED) is 0.531. The molecule has 1 aliphatic heterocycles. The van der Waals surface area contributed by atoms with Crippen LogP contribution in [-0.2, 0) is 9.53 Å². The Labute approximate surface area is 183 Å². The first-order chi connectivity index (χ1) is 14.7. The number of ether oxygens (including phenoxy) is 1. The molecule has 1 fully saturated rings. The molecular weight excluding hydrogens is 396 g/mol. The van der Waals surface area contributed by atoms with E-state index in [1.54, 1.807) is 0 Å². The van der Waals surface area contributed by atoms with Crippen molar-refractivity contribution >= 4 is 23.7 Å². The number of esters is 1. The summed E-state index contributed by atoms with van der Waals surface area (Å²) in [5.74, 6) is -0.457. The zero-order valence-corrected chi connectivity index (χ0v) is 18.8.